The summed E-state index contributed by atoms with van der Waals surface area (Å²) in [6.07, 6.45) is 4.40. The second kappa shape index (κ2) is 6.64. The Bertz CT molecular complexity index is 19.7. The molecule has 0 aromatic rings. The molecule has 0 nitrogen and oxygen atoms in total. The highest BCUT2D eigenvalue weighted by molar-refractivity contribution is 7.99. The van der Waals surface area contributed by atoms with Gasteiger partial charge in [0.15, 0.2) is 0 Å². The van der Waals surface area contributed by atoms with Crippen molar-refractivity contribution in [2.24, 2.45) is 0 Å². The molecule has 1 aliphatic heterocycles. The molecule has 0 aliphatic carbocycles. The van der Waals surface area contributed by atoms with Crippen molar-refractivity contribution in [2.75, 3.05) is 17.9 Å². The van der Waals surface area contributed by atoms with Gasteiger partial charge in [-0.2, -0.15) is 11.8 Å². The molecule has 0 atom stereocenters. The van der Waals surface area contributed by atoms with Gasteiger partial charge < -0.3 is 0 Å². The van der Waals surface area contributed by atoms with Crippen LogP contribution in [0, 0.1) is 0 Å². The fourth-order valence-electron chi connectivity index (χ4n) is 0.510. The summed E-state index contributed by atoms with van der Waals surface area (Å²) >= 11 is 6.71. The van der Waals surface area contributed by atoms with Crippen molar-refractivity contribution in [2.45, 2.75) is 12.8 Å². The highest BCUT2D eigenvalue weighted by Crippen LogP contribution is 2.14. The van der Waals surface area contributed by atoms with Crippen molar-refractivity contribution in [1.29, 1.82) is 0 Å². The van der Waals surface area contributed by atoms with E-state index in [4.69, 9.17) is 0 Å². The third-order valence-corrected chi connectivity index (χ3v) is 1.98. The fourth-order valence-corrected chi connectivity index (χ4v) is 1.53. The molecule has 0 aromatic carbocycles. The average molecular weight is 139 g/mol. The van der Waals surface area contributed by atoms with Gasteiger partial charge in [-0.25, -0.2) is 0 Å². The summed E-state index contributed by atoms with van der Waals surface area (Å²) in [4.78, 5) is 0. The van der Waals surface area contributed by atoms with E-state index in [9.17, 15) is 0 Å². The van der Waals surface area contributed by atoms with Gasteiger partial charge >= 0.3 is 0 Å². The monoisotopic (exact) mass is 138 g/mol. The zero-order chi connectivity index (χ0) is 5.54. The van der Waals surface area contributed by atoms with E-state index in [1.54, 1.807) is 0 Å². The Balaban J connectivity index is 0.000000162. The molecule has 0 bridgehead atoms. The Hall–Kier alpha value is 0.640. The maximum absolute atomic E-state index is 4.64. The second-order valence-electron chi connectivity index (χ2n) is 1.32. The second-order valence-corrected chi connectivity index (χ2v) is 2.54. The van der Waals surface area contributed by atoms with Crippen LogP contribution in [0.2, 0.25) is 0 Å². The van der Waals surface area contributed by atoms with E-state index in [2.05, 4.69) is 23.4 Å². The molecule has 1 fully saturated rings. The Morgan fingerprint density at radius 3 is 1.71 bits per heavy atom. The number of halogens is 1. The van der Waals surface area contributed by atoms with Crippen LogP contribution in [0.5, 0.6) is 0 Å². The van der Waals surface area contributed by atoms with Crippen molar-refractivity contribution < 1.29 is 0 Å². The molecule has 1 rings (SSSR count). The van der Waals surface area contributed by atoms with Gasteiger partial charge in [0.05, 0.1) is 0 Å². The van der Waals surface area contributed by atoms with Crippen LogP contribution >= 0.6 is 23.4 Å². The first kappa shape index (κ1) is 7.64. The topological polar surface area (TPSA) is 0 Å². The van der Waals surface area contributed by atoms with E-state index in [0.717, 1.165) is 0 Å². The van der Waals surface area contributed by atoms with E-state index >= 15 is 0 Å². The van der Waals surface area contributed by atoms with Crippen molar-refractivity contribution in [3.05, 3.63) is 0 Å². The smallest absolute Gasteiger partial charge is 0.0108 e. The quantitative estimate of drug-likeness (QED) is 0.464. The molecule has 44 valence electrons. The predicted molar refractivity (Wildman–Crippen MR) is 38.3 cm³/mol. The summed E-state index contributed by atoms with van der Waals surface area (Å²) in [5.41, 5.74) is 0. The molecule has 0 radical (unpaired) electrons. The molecule has 0 spiro atoms. The Morgan fingerprint density at radius 2 is 1.57 bits per heavy atom. The van der Waals surface area contributed by atoms with Gasteiger partial charge in [0, 0.05) is 6.38 Å². The third-order valence-electron chi connectivity index (χ3n) is 0.827. The lowest BCUT2D eigenvalue weighted by Crippen LogP contribution is -1.58. The van der Waals surface area contributed by atoms with Crippen molar-refractivity contribution in [1.82, 2.24) is 0 Å². The van der Waals surface area contributed by atoms with Gasteiger partial charge in [0.1, 0.15) is 0 Å². The Kier molecular flexibility index (Phi) is 7.25. The van der Waals surface area contributed by atoms with E-state index in [0.29, 0.717) is 0 Å². The van der Waals surface area contributed by atoms with E-state index in [1.807, 2.05) is 0 Å². The van der Waals surface area contributed by atoms with Crippen LogP contribution in [-0.2, 0) is 0 Å². The first-order chi connectivity index (χ1) is 3.50. The zero-order valence-electron chi connectivity index (χ0n) is 4.61. The average Bonchev–Trinajstić information content (AvgIpc) is 2.23. The van der Waals surface area contributed by atoms with Crippen LogP contribution in [0.1, 0.15) is 12.8 Å². The zero-order valence-corrected chi connectivity index (χ0v) is 6.19. The number of alkyl halides is 1. The van der Waals surface area contributed by atoms with Crippen LogP contribution in [0.4, 0.5) is 0 Å². The molecule has 0 amide bonds. The van der Waals surface area contributed by atoms with E-state index < -0.39 is 0 Å². The number of hydrogen-bond donors (Lipinski definition) is 0. The van der Waals surface area contributed by atoms with Gasteiger partial charge in [-0.05, 0) is 24.3 Å². The number of thioether (sulfide) groups is 1. The minimum Gasteiger partial charge on any atom is -0.162 e. The van der Waals surface area contributed by atoms with Crippen LogP contribution < -0.4 is 0 Å². The summed E-state index contributed by atoms with van der Waals surface area (Å²) in [5, 5.41) is 0. The van der Waals surface area contributed by atoms with Crippen LogP contribution in [-0.4, -0.2) is 17.9 Å². The van der Waals surface area contributed by atoms with Gasteiger partial charge in [-0.15, -0.1) is 11.6 Å². The first-order valence-electron chi connectivity index (χ1n) is 2.46. The molecule has 2 heteroatoms. The molecule has 1 heterocycles. The highest BCUT2D eigenvalue weighted by atomic mass is 35.5. The summed E-state index contributed by atoms with van der Waals surface area (Å²) in [6.45, 7) is 0. The van der Waals surface area contributed by atoms with Gasteiger partial charge in [0.25, 0.3) is 0 Å². The Labute approximate surface area is 54.6 Å². The van der Waals surface area contributed by atoms with Crippen molar-refractivity contribution in [3.63, 3.8) is 0 Å². The maximum Gasteiger partial charge on any atom is 0.0108 e. The summed E-state index contributed by atoms with van der Waals surface area (Å²) < 4.78 is 0. The number of hydrogen-bond acceptors (Lipinski definition) is 1. The summed E-state index contributed by atoms with van der Waals surface area (Å²) in [6, 6.07) is 0. The SMILES string of the molecule is C1CCSC1.CCl. The molecular formula is C5H11ClS. The predicted octanol–water partition coefficient (Wildman–Crippen LogP) is 2.37. The van der Waals surface area contributed by atoms with Gasteiger partial charge in [-0.1, -0.05) is 0 Å². The normalized spacial score (nSPS) is 18.0. The minimum atomic E-state index is 1.42. The molecule has 1 saturated heterocycles. The van der Waals surface area contributed by atoms with Crippen LogP contribution in [0.15, 0.2) is 0 Å². The fraction of sp³-hybridized carbons (Fsp3) is 1.00. The standard InChI is InChI=1S/C4H8S.CH3Cl/c1-2-4-5-3-1;1-2/h1-4H2;1H3. The van der Waals surface area contributed by atoms with Crippen LogP contribution in [0.3, 0.4) is 0 Å². The molecule has 7 heavy (non-hydrogen) atoms. The van der Waals surface area contributed by atoms with Crippen molar-refractivity contribution in [3.8, 4) is 0 Å². The van der Waals surface area contributed by atoms with Crippen molar-refractivity contribution >= 4 is 23.4 Å². The lowest BCUT2D eigenvalue weighted by molar-refractivity contribution is 0.949. The summed E-state index contributed by atoms with van der Waals surface area (Å²) in [7, 11) is 0. The number of rotatable bonds is 0. The molecular weight excluding hydrogens is 128 g/mol. The highest BCUT2D eigenvalue weighted by Gasteiger charge is 1.95. The lowest BCUT2D eigenvalue weighted by atomic mass is 10.4. The first-order valence-corrected chi connectivity index (χ1v) is 4.37. The summed E-state index contributed by atoms with van der Waals surface area (Å²) in [5.74, 6) is 2.83. The maximum atomic E-state index is 4.64. The van der Waals surface area contributed by atoms with Crippen LogP contribution in [0.25, 0.3) is 0 Å². The van der Waals surface area contributed by atoms with Gasteiger partial charge in [0.2, 0.25) is 0 Å². The molecule has 0 saturated carbocycles. The van der Waals surface area contributed by atoms with E-state index in [-0.39, 0.29) is 0 Å². The van der Waals surface area contributed by atoms with Gasteiger partial charge in [-0.3, -0.25) is 0 Å². The lowest BCUT2D eigenvalue weighted by Gasteiger charge is -1.69. The van der Waals surface area contributed by atoms with E-state index in [1.165, 1.54) is 30.7 Å². The minimum absolute atomic E-state index is 1.42. The molecule has 0 unspecified atom stereocenters. The Morgan fingerprint density at radius 1 is 1.14 bits per heavy atom. The molecule has 0 aromatic heterocycles. The molecule has 1 aliphatic rings. The largest absolute Gasteiger partial charge is 0.162 e. The third kappa shape index (κ3) is 4.49. The molecule has 0 N–H and O–H groups in total.